The van der Waals surface area contributed by atoms with Gasteiger partial charge in [-0.25, -0.2) is 4.79 Å². The smallest absolute Gasteiger partial charge is 0.407 e. The average Bonchev–Trinajstić information content (AvgIpc) is 3.35. The molecule has 0 fully saturated rings. The number of alkyl carbamates (subject to hydrolysis) is 1. The van der Waals surface area contributed by atoms with Crippen LogP contribution in [0.15, 0.2) is 140 Å². The third-order valence-corrected chi connectivity index (χ3v) is 7.57. The highest BCUT2D eigenvalue weighted by atomic mass is 16.5. The SMILES string of the molecule is O=C(NCCOC(c1ccccc1)(c1ccccc1)c1ccccc1)OCC1c2ccccc2-c2ccccc21. The van der Waals surface area contributed by atoms with Gasteiger partial charge >= 0.3 is 6.09 Å². The molecule has 0 spiro atoms. The fraction of sp³-hybridized carbons (Fsp3) is 0.139. The molecular formula is C36H31NO3. The number of rotatable bonds is 9. The maximum Gasteiger partial charge on any atom is 0.407 e. The highest BCUT2D eigenvalue weighted by molar-refractivity contribution is 5.79. The average molecular weight is 526 g/mol. The lowest BCUT2D eigenvalue weighted by molar-refractivity contribution is 0.0145. The van der Waals surface area contributed by atoms with Crippen LogP contribution in [0, 0.1) is 0 Å². The van der Waals surface area contributed by atoms with Crippen LogP contribution in [0.5, 0.6) is 0 Å². The summed E-state index contributed by atoms with van der Waals surface area (Å²) >= 11 is 0. The van der Waals surface area contributed by atoms with E-state index >= 15 is 0 Å². The van der Waals surface area contributed by atoms with E-state index < -0.39 is 11.7 Å². The summed E-state index contributed by atoms with van der Waals surface area (Å²) in [5, 5.41) is 2.90. The molecule has 6 rings (SSSR count). The van der Waals surface area contributed by atoms with E-state index in [1.54, 1.807) is 0 Å². The summed E-state index contributed by atoms with van der Waals surface area (Å²) < 4.78 is 12.5. The van der Waals surface area contributed by atoms with Gasteiger partial charge in [-0.05, 0) is 38.9 Å². The third kappa shape index (κ3) is 4.90. The van der Waals surface area contributed by atoms with Crippen LogP contribution in [0.2, 0.25) is 0 Å². The zero-order valence-corrected chi connectivity index (χ0v) is 22.2. The summed E-state index contributed by atoms with van der Waals surface area (Å²) in [6, 6.07) is 47.3. The van der Waals surface area contributed by atoms with Gasteiger partial charge in [0.05, 0.1) is 6.61 Å². The molecule has 0 atom stereocenters. The Kier molecular flexibility index (Phi) is 7.43. The van der Waals surface area contributed by atoms with Crippen molar-refractivity contribution < 1.29 is 14.3 Å². The van der Waals surface area contributed by atoms with Crippen LogP contribution in [0.4, 0.5) is 4.79 Å². The predicted octanol–water partition coefficient (Wildman–Crippen LogP) is 7.53. The first-order chi connectivity index (χ1) is 19.8. The summed E-state index contributed by atoms with van der Waals surface area (Å²) in [5.41, 5.74) is 7.04. The number of nitrogens with one attached hydrogen (secondary N) is 1. The second-order valence-electron chi connectivity index (χ2n) is 9.88. The summed E-state index contributed by atoms with van der Waals surface area (Å²) in [5.74, 6) is 0.0243. The number of hydrogen-bond acceptors (Lipinski definition) is 3. The van der Waals surface area contributed by atoms with Crippen LogP contribution in [-0.2, 0) is 15.1 Å². The first-order valence-corrected chi connectivity index (χ1v) is 13.7. The highest BCUT2D eigenvalue weighted by Crippen LogP contribution is 2.44. The molecule has 0 saturated heterocycles. The van der Waals surface area contributed by atoms with Crippen LogP contribution in [0.3, 0.4) is 0 Å². The lowest BCUT2D eigenvalue weighted by atomic mass is 9.80. The van der Waals surface area contributed by atoms with Gasteiger partial charge in [-0.1, -0.05) is 140 Å². The minimum atomic E-state index is -0.827. The molecule has 1 aliphatic rings. The molecular weight excluding hydrogens is 494 g/mol. The molecule has 0 radical (unpaired) electrons. The van der Waals surface area contributed by atoms with Crippen LogP contribution in [0.1, 0.15) is 33.7 Å². The fourth-order valence-corrected chi connectivity index (χ4v) is 5.78. The molecule has 0 saturated carbocycles. The zero-order chi connectivity index (χ0) is 27.2. The Morgan fingerprint density at radius 3 is 1.50 bits per heavy atom. The molecule has 0 aliphatic heterocycles. The second-order valence-corrected chi connectivity index (χ2v) is 9.88. The third-order valence-electron chi connectivity index (χ3n) is 7.57. The summed E-state index contributed by atoms with van der Waals surface area (Å²) in [6.45, 7) is 0.885. The van der Waals surface area contributed by atoms with Crippen LogP contribution in [0.25, 0.3) is 11.1 Å². The van der Waals surface area contributed by atoms with Crippen molar-refractivity contribution in [2.24, 2.45) is 0 Å². The second kappa shape index (κ2) is 11.6. The number of hydrogen-bond donors (Lipinski definition) is 1. The molecule has 40 heavy (non-hydrogen) atoms. The molecule has 198 valence electrons. The maximum atomic E-state index is 12.8. The molecule has 1 aliphatic carbocycles. The van der Waals surface area contributed by atoms with Gasteiger partial charge in [-0.2, -0.15) is 0 Å². The number of carbonyl (C=O) groups excluding carboxylic acids is 1. The molecule has 4 heteroatoms. The summed E-state index contributed by atoms with van der Waals surface area (Å²) in [6.07, 6.45) is -0.449. The lowest BCUT2D eigenvalue weighted by Gasteiger charge is -2.36. The predicted molar refractivity (Wildman–Crippen MR) is 158 cm³/mol. The molecule has 1 N–H and O–H groups in total. The van der Waals surface area contributed by atoms with Crippen molar-refractivity contribution in [1.29, 1.82) is 0 Å². The number of ether oxygens (including phenoxy) is 2. The van der Waals surface area contributed by atoms with Gasteiger partial charge < -0.3 is 14.8 Å². The number of benzene rings is 5. The van der Waals surface area contributed by atoms with E-state index in [9.17, 15) is 4.79 Å². The van der Waals surface area contributed by atoms with Crippen molar-refractivity contribution in [3.63, 3.8) is 0 Å². The Labute approximate surface area is 235 Å². The topological polar surface area (TPSA) is 47.6 Å². The molecule has 5 aromatic carbocycles. The molecule has 1 amide bonds. The molecule has 4 nitrogen and oxygen atoms in total. The van der Waals surface area contributed by atoms with Crippen molar-refractivity contribution >= 4 is 6.09 Å². The Bertz CT molecular complexity index is 1430. The normalized spacial score (nSPS) is 12.4. The number of amides is 1. The van der Waals surface area contributed by atoms with Crippen molar-refractivity contribution in [1.82, 2.24) is 5.32 Å². The standard InChI is InChI=1S/C36H31NO3/c38-35(39-26-34-32-22-12-10-20-30(32)31-21-11-13-23-33(31)34)37-24-25-40-36(27-14-4-1-5-15-27,28-16-6-2-7-17-28)29-18-8-3-9-19-29/h1-23,34H,24-26H2,(H,37,38). The largest absolute Gasteiger partial charge is 0.449 e. The maximum absolute atomic E-state index is 12.8. The first-order valence-electron chi connectivity index (χ1n) is 13.7. The van der Waals surface area contributed by atoms with Gasteiger partial charge in [0.15, 0.2) is 0 Å². The molecule has 0 aromatic heterocycles. The van der Waals surface area contributed by atoms with Gasteiger partial charge in [0.1, 0.15) is 12.2 Å². The summed E-state index contributed by atoms with van der Waals surface area (Å²) in [7, 11) is 0. The van der Waals surface area contributed by atoms with Crippen molar-refractivity contribution in [2.75, 3.05) is 19.8 Å². The number of fused-ring (bicyclic) bond motifs is 3. The van der Waals surface area contributed by atoms with E-state index in [4.69, 9.17) is 9.47 Å². The van der Waals surface area contributed by atoms with Gasteiger partial charge in [-0.15, -0.1) is 0 Å². The quantitative estimate of drug-likeness (QED) is 0.160. The number of carbonyl (C=O) groups is 1. The minimum absolute atomic E-state index is 0.0243. The summed E-state index contributed by atoms with van der Waals surface area (Å²) in [4.78, 5) is 12.8. The van der Waals surface area contributed by atoms with E-state index in [0.717, 1.165) is 16.7 Å². The van der Waals surface area contributed by atoms with E-state index in [1.807, 2.05) is 78.9 Å². The Balaban J connectivity index is 1.15. The Morgan fingerprint density at radius 2 is 1.02 bits per heavy atom. The van der Waals surface area contributed by atoms with Gasteiger partial charge in [0, 0.05) is 12.5 Å². The lowest BCUT2D eigenvalue weighted by Crippen LogP contribution is -2.36. The van der Waals surface area contributed by atoms with Crippen LogP contribution < -0.4 is 5.32 Å². The molecule has 0 bridgehead atoms. The molecule has 0 heterocycles. The molecule has 0 unspecified atom stereocenters. The monoisotopic (exact) mass is 525 g/mol. The van der Waals surface area contributed by atoms with Crippen molar-refractivity contribution in [2.45, 2.75) is 11.5 Å². The van der Waals surface area contributed by atoms with Crippen LogP contribution >= 0.6 is 0 Å². The zero-order valence-electron chi connectivity index (χ0n) is 22.2. The first kappa shape index (κ1) is 25.6. The highest BCUT2D eigenvalue weighted by Gasteiger charge is 2.37. The van der Waals surface area contributed by atoms with Gasteiger partial charge in [0.2, 0.25) is 0 Å². The Morgan fingerprint density at radius 1 is 0.600 bits per heavy atom. The molecule has 5 aromatic rings. The minimum Gasteiger partial charge on any atom is -0.449 e. The fourth-order valence-electron chi connectivity index (χ4n) is 5.78. The van der Waals surface area contributed by atoms with E-state index in [1.165, 1.54) is 22.3 Å². The van der Waals surface area contributed by atoms with Crippen molar-refractivity contribution in [3.05, 3.63) is 167 Å². The van der Waals surface area contributed by atoms with Crippen molar-refractivity contribution in [3.8, 4) is 11.1 Å². The van der Waals surface area contributed by atoms with E-state index in [0.29, 0.717) is 13.2 Å². The van der Waals surface area contributed by atoms with E-state index in [-0.39, 0.29) is 12.5 Å². The van der Waals surface area contributed by atoms with Gasteiger partial charge in [-0.3, -0.25) is 0 Å². The van der Waals surface area contributed by atoms with Gasteiger partial charge in [0.25, 0.3) is 0 Å². The van der Waals surface area contributed by atoms with E-state index in [2.05, 4.69) is 66.0 Å². The Hall–Kier alpha value is -4.67. The van der Waals surface area contributed by atoms with Crippen LogP contribution in [-0.4, -0.2) is 25.9 Å².